The van der Waals surface area contributed by atoms with Crippen molar-refractivity contribution in [3.63, 3.8) is 0 Å². The Morgan fingerprint density at radius 2 is 2.10 bits per heavy atom. The topological polar surface area (TPSA) is 93.8 Å². The molecule has 7 heteroatoms. The third-order valence-corrected chi connectivity index (χ3v) is 6.28. The minimum Gasteiger partial charge on any atom is -0.475 e. The molecule has 0 amide bonds. The van der Waals surface area contributed by atoms with Crippen LogP contribution in [0.15, 0.2) is 21.6 Å². The monoisotopic (exact) mass is 300 g/mol. The summed E-state index contributed by atoms with van der Waals surface area (Å²) in [6, 6.07) is 2.40. The molecule has 0 radical (unpaired) electrons. The number of sulfone groups is 1. The van der Waals surface area contributed by atoms with E-state index >= 15 is 0 Å². The number of carbonyl (C=O) groups is 1. The fraction of sp³-hybridized carbons (Fsp3) is 0.615. The second-order valence-electron chi connectivity index (χ2n) is 5.47. The SMILES string of the molecule is O=C(O)c1ccc(S(=O)(=O)C2CCOC3(CCC3)C2)o1. The van der Waals surface area contributed by atoms with Gasteiger partial charge >= 0.3 is 5.97 Å². The second kappa shape index (κ2) is 4.60. The first-order valence-corrected chi connectivity index (χ1v) is 8.19. The molecular weight excluding hydrogens is 284 g/mol. The Bertz CT molecular complexity index is 625. The molecule has 3 rings (SSSR count). The summed E-state index contributed by atoms with van der Waals surface area (Å²) in [6.07, 6.45) is 3.76. The summed E-state index contributed by atoms with van der Waals surface area (Å²) in [6.45, 7) is 0.427. The van der Waals surface area contributed by atoms with Crippen molar-refractivity contribution in [3.8, 4) is 0 Å². The Labute approximate surface area is 116 Å². The predicted octanol–water partition coefficient (Wildman–Crippen LogP) is 1.85. The number of hydrogen-bond donors (Lipinski definition) is 1. The van der Waals surface area contributed by atoms with E-state index in [1.807, 2.05) is 0 Å². The molecule has 1 atom stereocenters. The van der Waals surface area contributed by atoms with E-state index in [-0.39, 0.29) is 16.5 Å². The Kier molecular flexibility index (Phi) is 3.13. The van der Waals surface area contributed by atoms with Crippen LogP contribution in [-0.4, -0.2) is 37.0 Å². The first kappa shape index (κ1) is 13.6. The number of carboxylic acid groups (broad SMARTS) is 1. The summed E-state index contributed by atoms with van der Waals surface area (Å²) in [5.41, 5.74) is -0.280. The van der Waals surface area contributed by atoms with E-state index in [1.54, 1.807) is 0 Å². The van der Waals surface area contributed by atoms with Crippen molar-refractivity contribution in [2.24, 2.45) is 0 Å². The molecule has 110 valence electrons. The van der Waals surface area contributed by atoms with Gasteiger partial charge in [-0.1, -0.05) is 0 Å². The number of carboxylic acids is 1. The number of rotatable bonds is 3. The van der Waals surface area contributed by atoms with Crippen molar-refractivity contribution in [2.75, 3.05) is 6.61 Å². The van der Waals surface area contributed by atoms with Gasteiger partial charge in [-0.25, -0.2) is 13.2 Å². The molecule has 2 heterocycles. The molecule has 1 aromatic heterocycles. The third-order valence-electron chi connectivity index (χ3n) is 4.22. The van der Waals surface area contributed by atoms with E-state index in [1.165, 1.54) is 12.1 Å². The lowest BCUT2D eigenvalue weighted by molar-refractivity contribution is -0.125. The molecule has 0 bridgehead atoms. The van der Waals surface area contributed by atoms with E-state index in [2.05, 4.69) is 0 Å². The Morgan fingerprint density at radius 3 is 2.65 bits per heavy atom. The van der Waals surface area contributed by atoms with Gasteiger partial charge in [0.25, 0.3) is 0 Å². The maximum absolute atomic E-state index is 12.5. The van der Waals surface area contributed by atoms with Crippen molar-refractivity contribution >= 4 is 15.8 Å². The predicted molar refractivity (Wildman–Crippen MR) is 68.4 cm³/mol. The standard InChI is InChI=1S/C13H16O6S/c14-12(15)10-2-3-11(19-10)20(16,17)9-4-7-18-13(8-9)5-1-6-13/h2-3,9H,1,4-8H2,(H,14,15). The second-order valence-corrected chi connectivity index (χ2v) is 7.63. The van der Waals surface area contributed by atoms with Crippen molar-refractivity contribution in [1.82, 2.24) is 0 Å². The van der Waals surface area contributed by atoms with E-state index < -0.39 is 21.1 Å². The van der Waals surface area contributed by atoms with E-state index in [0.29, 0.717) is 19.4 Å². The van der Waals surface area contributed by atoms with Crippen LogP contribution in [0.25, 0.3) is 0 Å². The molecule has 1 saturated heterocycles. The highest BCUT2D eigenvalue weighted by atomic mass is 32.2. The van der Waals surface area contributed by atoms with Crippen molar-refractivity contribution in [1.29, 1.82) is 0 Å². The highest BCUT2D eigenvalue weighted by molar-refractivity contribution is 7.91. The zero-order valence-electron chi connectivity index (χ0n) is 10.9. The molecule has 2 aliphatic rings. The molecule has 6 nitrogen and oxygen atoms in total. The van der Waals surface area contributed by atoms with Crippen LogP contribution in [-0.2, 0) is 14.6 Å². The summed E-state index contributed by atoms with van der Waals surface area (Å²) >= 11 is 0. The first-order valence-electron chi connectivity index (χ1n) is 6.64. The number of aromatic carboxylic acids is 1. The van der Waals surface area contributed by atoms with Crippen molar-refractivity contribution < 1.29 is 27.5 Å². The molecule has 1 aliphatic heterocycles. The van der Waals surface area contributed by atoms with Gasteiger partial charge in [-0.15, -0.1) is 0 Å². The lowest BCUT2D eigenvalue weighted by Gasteiger charge is -2.46. The molecular formula is C13H16O6S. The van der Waals surface area contributed by atoms with Crippen molar-refractivity contribution in [3.05, 3.63) is 17.9 Å². The van der Waals surface area contributed by atoms with Gasteiger partial charge in [0.05, 0.1) is 10.9 Å². The van der Waals surface area contributed by atoms with E-state index in [9.17, 15) is 13.2 Å². The van der Waals surface area contributed by atoms with E-state index in [4.69, 9.17) is 14.3 Å². The lowest BCUT2D eigenvalue weighted by atomic mass is 9.75. The van der Waals surface area contributed by atoms with Crippen LogP contribution in [0.3, 0.4) is 0 Å². The quantitative estimate of drug-likeness (QED) is 0.915. The average Bonchev–Trinajstić information content (AvgIpc) is 2.87. The van der Waals surface area contributed by atoms with Crippen LogP contribution in [0.4, 0.5) is 0 Å². The molecule has 2 fully saturated rings. The van der Waals surface area contributed by atoms with Crippen LogP contribution in [0, 0.1) is 0 Å². The molecule has 1 unspecified atom stereocenters. The van der Waals surface area contributed by atoms with Gasteiger partial charge in [-0.2, -0.15) is 0 Å². The van der Waals surface area contributed by atoms with Gasteiger partial charge in [0.15, 0.2) is 0 Å². The zero-order valence-corrected chi connectivity index (χ0v) is 11.7. The number of ether oxygens (including phenoxy) is 1. The van der Waals surface area contributed by atoms with E-state index in [0.717, 1.165) is 19.3 Å². The Morgan fingerprint density at radius 1 is 1.35 bits per heavy atom. The normalized spacial score (nSPS) is 25.3. The van der Waals surface area contributed by atoms with Crippen molar-refractivity contribution in [2.45, 2.75) is 48.0 Å². The molecule has 20 heavy (non-hydrogen) atoms. The lowest BCUT2D eigenvalue weighted by Crippen LogP contribution is -2.48. The maximum atomic E-state index is 12.5. The summed E-state index contributed by atoms with van der Waals surface area (Å²) in [5.74, 6) is -1.62. The molecule has 0 aromatic carbocycles. The first-order chi connectivity index (χ1) is 9.43. The van der Waals surface area contributed by atoms with Gasteiger partial charge in [-0.3, -0.25) is 0 Å². The number of furan rings is 1. The van der Waals surface area contributed by atoms with Crippen LogP contribution in [0.5, 0.6) is 0 Å². The molecule has 1 aliphatic carbocycles. The average molecular weight is 300 g/mol. The zero-order chi connectivity index (χ0) is 14.4. The summed E-state index contributed by atoms with van der Waals surface area (Å²) in [4.78, 5) is 10.8. The fourth-order valence-electron chi connectivity index (χ4n) is 2.92. The summed E-state index contributed by atoms with van der Waals surface area (Å²) in [5, 5.41) is 7.99. The van der Waals surface area contributed by atoms with Gasteiger partial charge < -0.3 is 14.3 Å². The largest absolute Gasteiger partial charge is 0.475 e. The minimum atomic E-state index is -3.63. The van der Waals surface area contributed by atoms with Crippen LogP contribution >= 0.6 is 0 Å². The molecule has 1 N–H and O–H groups in total. The molecule has 1 aromatic rings. The third kappa shape index (κ3) is 2.14. The fourth-order valence-corrected chi connectivity index (χ4v) is 4.64. The van der Waals surface area contributed by atoms with Gasteiger partial charge in [0, 0.05) is 6.61 Å². The maximum Gasteiger partial charge on any atom is 0.371 e. The summed E-state index contributed by atoms with van der Waals surface area (Å²) < 4.78 is 35.7. The Balaban J connectivity index is 1.85. The molecule has 1 saturated carbocycles. The summed E-state index contributed by atoms with van der Waals surface area (Å²) in [7, 11) is -3.63. The number of hydrogen-bond acceptors (Lipinski definition) is 5. The Hall–Kier alpha value is -1.34. The van der Waals surface area contributed by atoms with Crippen LogP contribution in [0.1, 0.15) is 42.7 Å². The smallest absolute Gasteiger partial charge is 0.371 e. The van der Waals surface area contributed by atoms with Gasteiger partial charge in [0.2, 0.25) is 20.7 Å². The highest BCUT2D eigenvalue weighted by Crippen LogP contribution is 2.44. The van der Waals surface area contributed by atoms with Crippen LogP contribution < -0.4 is 0 Å². The highest BCUT2D eigenvalue weighted by Gasteiger charge is 2.47. The molecule has 1 spiro atoms. The van der Waals surface area contributed by atoms with Gasteiger partial charge in [-0.05, 0) is 44.2 Å². The van der Waals surface area contributed by atoms with Crippen LogP contribution in [0.2, 0.25) is 0 Å². The van der Waals surface area contributed by atoms with Gasteiger partial charge in [0.1, 0.15) is 0 Å². The minimum absolute atomic E-state index is 0.253.